The summed E-state index contributed by atoms with van der Waals surface area (Å²) in [4.78, 5) is 10.9. The Balaban J connectivity index is 2.10. The lowest BCUT2D eigenvalue weighted by molar-refractivity contribution is -0.140. The van der Waals surface area contributed by atoms with Crippen LogP contribution in [0.3, 0.4) is 0 Å². The molecule has 2 unspecified atom stereocenters. The smallest absolute Gasteiger partial charge is 0.481 e. The Bertz CT molecular complexity index is 451. The van der Waals surface area contributed by atoms with E-state index < -0.39 is 13.1 Å². The second-order valence-corrected chi connectivity index (χ2v) is 5.17. The van der Waals surface area contributed by atoms with Gasteiger partial charge in [0.05, 0.1) is 12.5 Å². The highest BCUT2D eigenvalue weighted by molar-refractivity contribution is 6.61. The Morgan fingerprint density at radius 2 is 2.00 bits per heavy atom. The average Bonchev–Trinajstić information content (AvgIpc) is 2.38. The molecular formula is C14H20BNO4. The van der Waals surface area contributed by atoms with Gasteiger partial charge in [-0.25, -0.2) is 0 Å². The van der Waals surface area contributed by atoms with Crippen LogP contribution in [-0.4, -0.2) is 36.9 Å². The van der Waals surface area contributed by atoms with Gasteiger partial charge in [-0.3, -0.25) is 4.79 Å². The summed E-state index contributed by atoms with van der Waals surface area (Å²) in [5, 5.41) is 8.93. The second-order valence-electron chi connectivity index (χ2n) is 5.17. The van der Waals surface area contributed by atoms with Gasteiger partial charge < -0.3 is 20.1 Å². The van der Waals surface area contributed by atoms with E-state index in [-0.39, 0.29) is 18.6 Å². The first-order valence-electron chi connectivity index (χ1n) is 6.88. The lowest BCUT2D eigenvalue weighted by atomic mass is 9.76. The van der Waals surface area contributed by atoms with Crippen molar-refractivity contribution in [3.05, 3.63) is 29.8 Å². The standard InChI is InChI=1S/C14H20BNO4/c1-10-2-4-11(5-3-10)15-19-12(6-7-16)8-13(20-15)9-14(17)18/h2-5,12-13H,6-9,16H2,1H3,(H,17,18). The van der Waals surface area contributed by atoms with Crippen molar-refractivity contribution in [2.24, 2.45) is 5.73 Å². The van der Waals surface area contributed by atoms with Crippen LogP contribution in [-0.2, 0) is 14.1 Å². The van der Waals surface area contributed by atoms with Gasteiger partial charge >= 0.3 is 13.1 Å². The number of nitrogens with two attached hydrogens (primary N) is 1. The third-order valence-electron chi connectivity index (χ3n) is 3.40. The fraction of sp³-hybridized carbons (Fsp3) is 0.500. The van der Waals surface area contributed by atoms with E-state index >= 15 is 0 Å². The van der Waals surface area contributed by atoms with Crippen molar-refractivity contribution in [3.63, 3.8) is 0 Å². The van der Waals surface area contributed by atoms with Gasteiger partial charge in [-0.05, 0) is 31.8 Å². The molecule has 1 aliphatic heterocycles. The first kappa shape index (κ1) is 15.0. The molecule has 1 saturated heterocycles. The van der Waals surface area contributed by atoms with Crippen LogP contribution in [0.15, 0.2) is 24.3 Å². The maximum absolute atomic E-state index is 10.9. The molecule has 0 spiro atoms. The minimum Gasteiger partial charge on any atom is -0.481 e. The highest BCUT2D eigenvalue weighted by Gasteiger charge is 2.35. The number of benzene rings is 1. The molecule has 1 aliphatic rings. The quantitative estimate of drug-likeness (QED) is 0.774. The fourth-order valence-electron chi connectivity index (χ4n) is 2.36. The van der Waals surface area contributed by atoms with Crippen LogP contribution < -0.4 is 11.2 Å². The molecule has 1 fully saturated rings. The molecule has 0 aliphatic carbocycles. The zero-order valence-corrected chi connectivity index (χ0v) is 11.6. The third kappa shape index (κ3) is 4.06. The molecule has 1 aromatic rings. The van der Waals surface area contributed by atoms with Gasteiger partial charge in [0.25, 0.3) is 0 Å². The summed E-state index contributed by atoms with van der Waals surface area (Å²) in [6.07, 6.45) is 0.897. The predicted molar refractivity (Wildman–Crippen MR) is 76.9 cm³/mol. The van der Waals surface area contributed by atoms with Crippen molar-refractivity contribution < 1.29 is 19.2 Å². The Morgan fingerprint density at radius 1 is 1.35 bits per heavy atom. The molecule has 0 amide bonds. The third-order valence-corrected chi connectivity index (χ3v) is 3.40. The highest BCUT2D eigenvalue weighted by Crippen LogP contribution is 2.21. The zero-order chi connectivity index (χ0) is 14.5. The molecule has 0 radical (unpaired) electrons. The van der Waals surface area contributed by atoms with Crippen LogP contribution in [0, 0.1) is 6.92 Å². The molecule has 1 heterocycles. The predicted octanol–water partition coefficient (Wildman–Crippen LogP) is 0.688. The van der Waals surface area contributed by atoms with Gasteiger partial charge in [-0.2, -0.15) is 0 Å². The van der Waals surface area contributed by atoms with Crippen LogP contribution in [0.2, 0.25) is 0 Å². The molecule has 0 aromatic heterocycles. The molecule has 5 nitrogen and oxygen atoms in total. The molecule has 6 heteroatoms. The summed E-state index contributed by atoms with van der Waals surface area (Å²) in [6.45, 7) is 2.53. The van der Waals surface area contributed by atoms with Gasteiger partial charge in [0.1, 0.15) is 0 Å². The topological polar surface area (TPSA) is 81.8 Å². The monoisotopic (exact) mass is 277 g/mol. The molecule has 20 heavy (non-hydrogen) atoms. The van der Waals surface area contributed by atoms with E-state index in [9.17, 15) is 4.79 Å². The number of aliphatic carboxylic acids is 1. The molecule has 2 rings (SSSR count). The molecule has 108 valence electrons. The molecule has 1 aromatic carbocycles. The van der Waals surface area contributed by atoms with Crippen molar-refractivity contribution in [1.29, 1.82) is 0 Å². The maximum Gasteiger partial charge on any atom is 0.494 e. The minimum absolute atomic E-state index is 0.00715. The first-order chi connectivity index (χ1) is 9.58. The summed E-state index contributed by atoms with van der Waals surface area (Å²) < 4.78 is 11.6. The summed E-state index contributed by atoms with van der Waals surface area (Å²) >= 11 is 0. The number of carboxylic acid groups (broad SMARTS) is 1. The Labute approximate surface area is 119 Å². The summed E-state index contributed by atoms with van der Waals surface area (Å²) in [6, 6.07) is 7.87. The largest absolute Gasteiger partial charge is 0.494 e. The average molecular weight is 277 g/mol. The highest BCUT2D eigenvalue weighted by atomic mass is 16.6. The van der Waals surface area contributed by atoms with E-state index in [1.807, 2.05) is 31.2 Å². The lowest BCUT2D eigenvalue weighted by Crippen LogP contribution is -2.49. The van der Waals surface area contributed by atoms with Crippen molar-refractivity contribution in [3.8, 4) is 0 Å². The van der Waals surface area contributed by atoms with E-state index in [0.29, 0.717) is 19.4 Å². The lowest BCUT2D eigenvalue weighted by Gasteiger charge is -2.33. The fourth-order valence-corrected chi connectivity index (χ4v) is 2.36. The molecule has 0 saturated carbocycles. The normalized spacial score (nSPS) is 22.8. The number of hydrogen-bond acceptors (Lipinski definition) is 4. The number of rotatable bonds is 5. The molecule has 3 N–H and O–H groups in total. The van der Waals surface area contributed by atoms with Gasteiger partial charge in [-0.1, -0.05) is 29.8 Å². The zero-order valence-electron chi connectivity index (χ0n) is 11.6. The van der Waals surface area contributed by atoms with Crippen LogP contribution in [0.25, 0.3) is 0 Å². The Hall–Kier alpha value is -1.37. The van der Waals surface area contributed by atoms with Gasteiger partial charge in [0.2, 0.25) is 0 Å². The second kappa shape index (κ2) is 6.88. The van der Waals surface area contributed by atoms with Crippen molar-refractivity contribution in [1.82, 2.24) is 0 Å². The van der Waals surface area contributed by atoms with Crippen molar-refractivity contribution >= 4 is 18.6 Å². The van der Waals surface area contributed by atoms with E-state index in [2.05, 4.69) is 0 Å². The van der Waals surface area contributed by atoms with Crippen LogP contribution in [0.4, 0.5) is 0 Å². The van der Waals surface area contributed by atoms with Crippen LogP contribution >= 0.6 is 0 Å². The van der Waals surface area contributed by atoms with Crippen LogP contribution in [0.5, 0.6) is 0 Å². The van der Waals surface area contributed by atoms with Gasteiger partial charge in [-0.15, -0.1) is 0 Å². The van der Waals surface area contributed by atoms with Crippen LogP contribution in [0.1, 0.15) is 24.8 Å². The minimum atomic E-state index is -0.856. The Kier molecular flexibility index (Phi) is 5.17. The van der Waals surface area contributed by atoms with Gasteiger partial charge in [0.15, 0.2) is 0 Å². The molecular weight excluding hydrogens is 257 g/mol. The van der Waals surface area contributed by atoms with E-state index in [4.69, 9.17) is 20.1 Å². The van der Waals surface area contributed by atoms with Crippen molar-refractivity contribution in [2.75, 3.05) is 6.54 Å². The van der Waals surface area contributed by atoms with E-state index in [0.717, 1.165) is 11.0 Å². The van der Waals surface area contributed by atoms with Gasteiger partial charge in [0, 0.05) is 6.10 Å². The number of hydrogen-bond donors (Lipinski definition) is 2. The summed E-state index contributed by atoms with van der Waals surface area (Å²) in [7, 11) is -0.509. The number of aryl methyl sites for hydroxylation is 1. The van der Waals surface area contributed by atoms with E-state index in [1.54, 1.807) is 0 Å². The number of carbonyl (C=O) groups is 1. The van der Waals surface area contributed by atoms with E-state index in [1.165, 1.54) is 0 Å². The molecule has 2 atom stereocenters. The SMILES string of the molecule is Cc1ccc(B2OC(CCN)CC(CC(=O)O)O2)cc1. The summed E-state index contributed by atoms with van der Waals surface area (Å²) in [5.41, 5.74) is 7.64. The molecule has 0 bridgehead atoms. The Morgan fingerprint density at radius 3 is 2.60 bits per heavy atom. The summed E-state index contributed by atoms with van der Waals surface area (Å²) in [5.74, 6) is -0.856. The van der Waals surface area contributed by atoms with Crippen molar-refractivity contribution in [2.45, 2.75) is 38.4 Å². The maximum atomic E-state index is 10.9. The first-order valence-corrected chi connectivity index (χ1v) is 6.88. The number of carboxylic acids is 1.